The molecular formula is C21H18FN3O3. The summed E-state index contributed by atoms with van der Waals surface area (Å²) in [7, 11) is 1.51. The minimum atomic E-state index is -0.618. The largest absolute Gasteiger partial charge is 0.495 e. The number of aromatic nitrogens is 1. The number of methoxy groups -OCH3 is 1. The number of anilines is 2. The second-order valence-corrected chi connectivity index (χ2v) is 6.02. The van der Waals surface area contributed by atoms with E-state index in [9.17, 15) is 14.0 Å². The van der Waals surface area contributed by atoms with Crippen LogP contribution in [-0.4, -0.2) is 23.9 Å². The van der Waals surface area contributed by atoms with Crippen molar-refractivity contribution in [2.75, 3.05) is 17.7 Å². The molecule has 2 amide bonds. The van der Waals surface area contributed by atoms with Crippen LogP contribution in [0.25, 0.3) is 0 Å². The third kappa shape index (κ3) is 4.32. The SMILES string of the molecule is COc1ccc(C)cc1NC(=O)c1ccnc(C(=O)Nc2ccccc2F)c1. The number of pyridine rings is 1. The van der Waals surface area contributed by atoms with Gasteiger partial charge >= 0.3 is 0 Å². The number of amides is 2. The summed E-state index contributed by atoms with van der Waals surface area (Å²) in [5.41, 5.74) is 1.73. The van der Waals surface area contributed by atoms with Crippen molar-refractivity contribution in [2.45, 2.75) is 6.92 Å². The normalized spacial score (nSPS) is 10.2. The molecule has 1 aromatic heterocycles. The summed E-state index contributed by atoms with van der Waals surface area (Å²) in [6, 6.07) is 14.0. The van der Waals surface area contributed by atoms with E-state index < -0.39 is 17.6 Å². The Hall–Kier alpha value is -3.74. The van der Waals surface area contributed by atoms with Gasteiger partial charge in [0.15, 0.2) is 0 Å². The van der Waals surface area contributed by atoms with Crippen LogP contribution in [0.4, 0.5) is 15.8 Å². The lowest BCUT2D eigenvalue weighted by Gasteiger charge is -2.11. The molecule has 0 radical (unpaired) electrons. The van der Waals surface area contributed by atoms with Gasteiger partial charge in [-0.3, -0.25) is 14.6 Å². The molecule has 0 aliphatic heterocycles. The van der Waals surface area contributed by atoms with Gasteiger partial charge in [-0.15, -0.1) is 0 Å². The minimum Gasteiger partial charge on any atom is -0.495 e. The summed E-state index contributed by atoms with van der Waals surface area (Å²) in [5.74, 6) is -1.08. The average Bonchev–Trinajstić information content (AvgIpc) is 2.70. The quantitative estimate of drug-likeness (QED) is 0.701. The number of carbonyl (C=O) groups is 2. The molecule has 3 aromatic rings. The predicted molar refractivity (Wildman–Crippen MR) is 104 cm³/mol. The van der Waals surface area contributed by atoms with Gasteiger partial charge in [0, 0.05) is 11.8 Å². The summed E-state index contributed by atoms with van der Waals surface area (Å²) >= 11 is 0. The maximum Gasteiger partial charge on any atom is 0.274 e. The molecular weight excluding hydrogens is 361 g/mol. The van der Waals surface area contributed by atoms with Crippen molar-refractivity contribution in [3.63, 3.8) is 0 Å². The zero-order chi connectivity index (χ0) is 20.1. The Morgan fingerprint density at radius 1 is 0.964 bits per heavy atom. The molecule has 142 valence electrons. The summed E-state index contributed by atoms with van der Waals surface area (Å²) < 4.78 is 19.0. The van der Waals surface area contributed by atoms with E-state index in [0.29, 0.717) is 11.4 Å². The van der Waals surface area contributed by atoms with Gasteiger partial charge in [-0.05, 0) is 48.9 Å². The number of ether oxygens (including phenoxy) is 1. The Bertz CT molecular complexity index is 1040. The molecule has 2 aromatic carbocycles. The van der Waals surface area contributed by atoms with Gasteiger partial charge < -0.3 is 15.4 Å². The monoisotopic (exact) mass is 379 g/mol. The van der Waals surface area contributed by atoms with Crippen molar-refractivity contribution >= 4 is 23.2 Å². The van der Waals surface area contributed by atoms with E-state index in [1.165, 1.54) is 43.6 Å². The van der Waals surface area contributed by atoms with Crippen LogP contribution < -0.4 is 15.4 Å². The predicted octanol–water partition coefficient (Wildman–Crippen LogP) is 4.04. The lowest BCUT2D eigenvalue weighted by atomic mass is 10.1. The lowest BCUT2D eigenvalue weighted by molar-refractivity contribution is 0.102. The smallest absolute Gasteiger partial charge is 0.274 e. The molecule has 0 unspecified atom stereocenters. The van der Waals surface area contributed by atoms with E-state index in [1.807, 2.05) is 13.0 Å². The Morgan fingerprint density at radius 2 is 1.71 bits per heavy atom. The van der Waals surface area contributed by atoms with E-state index in [1.54, 1.807) is 18.2 Å². The summed E-state index contributed by atoms with van der Waals surface area (Å²) in [5, 5.41) is 5.20. The number of benzene rings is 2. The van der Waals surface area contributed by atoms with Gasteiger partial charge in [0.25, 0.3) is 11.8 Å². The lowest BCUT2D eigenvalue weighted by Crippen LogP contribution is -2.17. The van der Waals surface area contributed by atoms with E-state index >= 15 is 0 Å². The van der Waals surface area contributed by atoms with Crippen LogP contribution in [0.1, 0.15) is 26.4 Å². The summed E-state index contributed by atoms with van der Waals surface area (Å²) in [6.07, 6.45) is 1.35. The molecule has 3 rings (SSSR count). The standard InChI is InChI=1S/C21H18FN3O3/c1-13-7-8-19(28-2)17(11-13)25-20(26)14-9-10-23-18(12-14)21(27)24-16-6-4-3-5-15(16)22/h3-12H,1-2H3,(H,24,27)(H,25,26). The van der Waals surface area contributed by atoms with Gasteiger partial charge in [0.2, 0.25) is 0 Å². The van der Waals surface area contributed by atoms with Crippen LogP contribution in [0.15, 0.2) is 60.8 Å². The molecule has 0 aliphatic carbocycles. The average molecular weight is 379 g/mol. The van der Waals surface area contributed by atoms with Crippen LogP contribution >= 0.6 is 0 Å². The molecule has 0 atom stereocenters. The molecule has 0 saturated carbocycles. The molecule has 0 saturated heterocycles. The number of aryl methyl sites for hydroxylation is 1. The highest BCUT2D eigenvalue weighted by Gasteiger charge is 2.15. The number of nitrogens with zero attached hydrogens (tertiary/aromatic N) is 1. The van der Waals surface area contributed by atoms with Crippen molar-refractivity contribution in [1.29, 1.82) is 0 Å². The highest BCUT2D eigenvalue weighted by atomic mass is 19.1. The van der Waals surface area contributed by atoms with E-state index in [-0.39, 0.29) is 16.9 Å². The fourth-order valence-corrected chi connectivity index (χ4v) is 2.56. The topological polar surface area (TPSA) is 80.3 Å². The number of hydrogen-bond acceptors (Lipinski definition) is 4. The van der Waals surface area contributed by atoms with Crippen LogP contribution in [0.3, 0.4) is 0 Å². The zero-order valence-corrected chi connectivity index (χ0v) is 15.3. The number of para-hydroxylation sites is 1. The molecule has 1 heterocycles. The van der Waals surface area contributed by atoms with Gasteiger partial charge in [-0.1, -0.05) is 18.2 Å². The first-order chi connectivity index (χ1) is 13.5. The third-order valence-electron chi connectivity index (χ3n) is 3.98. The van der Waals surface area contributed by atoms with Gasteiger partial charge in [-0.25, -0.2) is 4.39 Å². The molecule has 6 nitrogen and oxygen atoms in total. The molecule has 0 fully saturated rings. The molecule has 7 heteroatoms. The number of halogens is 1. The highest BCUT2D eigenvalue weighted by Crippen LogP contribution is 2.25. The van der Waals surface area contributed by atoms with Crippen LogP contribution in [0.2, 0.25) is 0 Å². The van der Waals surface area contributed by atoms with Crippen molar-refractivity contribution in [3.8, 4) is 5.75 Å². The molecule has 0 bridgehead atoms. The van der Waals surface area contributed by atoms with Crippen molar-refractivity contribution < 1.29 is 18.7 Å². The second-order valence-electron chi connectivity index (χ2n) is 6.02. The van der Waals surface area contributed by atoms with Crippen LogP contribution in [-0.2, 0) is 0 Å². The first-order valence-corrected chi connectivity index (χ1v) is 8.46. The number of nitrogens with one attached hydrogen (secondary N) is 2. The second kappa shape index (κ2) is 8.30. The van der Waals surface area contributed by atoms with Crippen molar-refractivity contribution in [3.05, 3.63) is 83.4 Å². The maximum atomic E-state index is 13.7. The van der Waals surface area contributed by atoms with Gasteiger partial charge in [0.05, 0.1) is 18.5 Å². The fraction of sp³-hybridized carbons (Fsp3) is 0.0952. The Balaban J connectivity index is 1.79. The van der Waals surface area contributed by atoms with Crippen molar-refractivity contribution in [1.82, 2.24) is 4.98 Å². The van der Waals surface area contributed by atoms with Crippen LogP contribution in [0, 0.1) is 12.7 Å². The van der Waals surface area contributed by atoms with Gasteiger partial charge in [-0.2, -0.15) is 0 Å². The first-order valence-electron chi connectivity index (χ1n) is 8.46. The highest BCUT2D eigenvalue weighted by molar-refractivity contribution is 6.08. The Morgan fingerprint density at radius 3 is 2.46 bits per heavy atom. The summed E-state index contributed by atoms with van der Waals surface area (Å²) in [4.78, 5) is 28.9. The molecule has 0 aliphatic rings. The van der Waals surface area contributed by atoms with E-state index in [0.717, 1.165) is 5.56 Å². The third-order valence-corrected chi connectivity index (χ3v) is 3.98. The van der Waals surface area contributed by atoms with Crippen molar-refractivity contribution in [2.24, 2.45) is 0 Å². The van der Waals surface area contributed by atoms with E-state index in [4.69, 9.17) is 4.74 Å². The maximum absolute atomic E-state index is 13.7. The Kier molecular flexibility index (Phi) is 5.64. The number of hydrogen-bond donors (Lipinski definition) is 2. The summed E-state index contributed by atoms with van der Waals surface area (Å²) in [6.45, 7) is 1.90. The Labute approximate surface area is 161 Å². The first kappa shape index (κ1) is 19.0. The van der Waals surface area contributed by atoms with E-state index in [2.05, 4.69) is 15.6 Å². The van der Waals surface area contributed by atoms with Gasteiger partial charge in [0.1, 0.15) is 17.3 Å². The van der Waals surface area contributed by atoms with Crippen LogP contribution in [0.5, 0.6) is 5.75 Å². The fourth-order valence-electron chi connectivity index (χ4n) is 2.56. The minimum absolute atomic E-state index is 0.00731. The molecule has 2 N–H and O–H groups in total. The number of carbonyl (C=O) groups excluding carboxylic acids is 2. The zero-order valence-electron chi connectivity index (χ0n) is 15.3. The molecule has 0 spiro atoms. The molecule has 28 heavy (non-hydrogen) atoms. The number of rotatable bonds is 5.